The topological polar surface area (TPSA) is 24.9 Å². The summed E-state index contributed by atoms with van der Waals surface area (Å²) in [5, 5.41) is 0.710. The number of para-hydroxylation sites is 1. The van der Waals surface area contributed by atoms with E-state index in [1.165, 1.54) is 0 Å². The van der Waals surface area contributed by atoms with Gasteiger partial charge in [-0.15, -0.1) is 0 Å². The Kier molecular flexibility index (Phi) is 5.67. The standard InChI is InChI=1S/C22H25ClN2O2/c1-24-11-13-25(14-12-24)10-4-6-18-19-5-2-3-7-21(19)26-16-27-22-9-8-17(23)15-20(18)22/h2-3,5-9,15H,4,10-14,16H2,1H3. The lowest BCUT2D eigenvalue weighted by molar-refractivity contribution is 0.118. The number of halogens is 1. The smallest absolute Gasteiger partial charge is 0.230 e. The van der Waals surface area contributed by atoms with Crippen LogP contribution in [0.25, 0.3) is 5.57 Å². The predicted octanol–water partition coefficient (Wildman–Crippen LogP) is 4.14. The molecule has 5 heteroatoms. The summed E-state index contributed by atoms with van der Waals surface area (Å²) >= 11 is 6.31. The molecule has 2 aromatic carbocycles. The molecule has 0 saturated carbocycles. The van der Waals surface area contributed by atoms with E-state index in [4.69, 9.17) is 21.1 Å². The van der Waals surface area contributed by atoms with Crippen LogP contribution < -0.4 is 9.47 Å². The number of hydrogen-bond acceptors (Lipinski definition) is 4. The summed E-state index contributed by atoms with van der Waals surface area (Å²) in [6, 6.07) is 13.9. The molecule has 0 atom stereocenters. The van der Waals surface area contributed by atoms with Crippen LogP contribution in [-0.2, 0) is 0 Å². The zero-order valence-electron chi connectivity index (χ0n) is 15.7. The largest absolute Gasteiger partial charge is 0.457 e. The lowest BCUT2D eigenvalue weighted by Crippen LogP contribution is -2.44. The first-order chi connectivity index (χ1) is 13.2. The van der Waals surface area contributed by atoms with Crippen LogP contribution in [-0.4, -0.2) is 56.4 Å². The Balaban J connectivity index is 1.64. The third kappa shape index (κ3) is 4.29. The average molecular weight is 385 g/mol. The maximum atomic E-state index is 6.31. The molecule has 0 spiro atoms. The highest BCUT2D eigenvalue weighted by Gasteiger charge is 2.19. The van der Waals surface area contributed by atoms with Crippen molar-refractivity contribution in [2.24, 2.45) is 0 Å². The van der Waals surface area contributed by atoms with Crippen molar-refractivity contribution in [2.75, 3.05) is 46.6 Å². The molecule has 2 heterocycles. The van der Waals surface area contributed by atoms with E-state index >= 15 is 0 Å². The molecule has 0 bridgehead atoms. The van der Waals surface area contributed by atoms with Gasteiger partial charge in [-0.3, -0.25) is 0 Å². The fourth-order valence-electron chi connectivity index (χ4n) is 3.64. The van der Waals surface area contributed by atoms with Gasteiger partial charge in [-0.05, 0) is 43.3 Å². The second kappa shape index (κ2) is 8.34. The monoisotopic (exact) mass is 384 g/mol. The van der Waals surface area contributed by atoms with Crippen molar-refractivity contribution in [3.8, 4) is 11.5 Å². The summed E-state index contributed by atoms with van der Waals surface area (Å²) in [5.41, 5.74) is 3.23. The second-order valence-corrected chi connectivity index (χ2v) is 7.53. The second-order valence-electron chi connectivity index (χ2n) is 7.09. The Morgan fingerprint density at radius 2 is 1.70 bits per heavy atom. The summed E-state index contributed by atoms with van der Waals surface area (Å²) in [7, 11) is 2.19. The van der Waals surface area contributed by atoms with Gasteiger partial charge in [0.05, 0.1) is 0 Å². The van der Waals surface area contributed by atoms with E-state index in [1.807, 2.05) is 36.4 Å². The van der Waals surface area contributed by atoms with Crippen LogP contribution in [0.15, 0.2) is 48.5 Å². The molecule has 0 N–H and O–H groups in total. The third-order valence-corrected chi connectivity index (χ3v) is 5.46. The van der Waals surface area contributed by atoms with Gasteiger partial charge in [0.1, 0.15) is 11.5 Å². The van der Waals surface area contributed by atoms with Gasteiger partial charge in [0.2, 0.25) is 6.79 Å². The van der Waals surface area contributed by atoms with Crippen LogP contribution in [0.2, 0.25) is 5.02 Å². The third-order valence-electron chi connectivity index (χ3n) is 5.23. The molecule has 142 valence electrons. The maximum Gasteiger partial charge on any atom is 0.230 e. The Bertz CT molecular complexity index is 829. The fourth-order valence-corrected chi connectivity index (χ4v) is 3.81. The van der Waals surface area contributed by atoms with Gasteiger partial charge in [-0.2, -0.15) is 0 Å². The van der Waals surface area contributed by atoms with Gasteiger partial charge in [-0.25, -0.2) is 0 Å². The lowest BCUT2D eigenvalue weighted by atomic mass is 9.95. The van der Waals surface area contributed by atoms with Gasteiger partial charge in [0, 0.05) is 48.9 Å². The Labute approximate surface area is 165 Å². The van der Waals surface area contributed by atoms with Crippen LogP contribution >= 0.6 is 11.6 Å². The average Bonchev–Trinajstić information content (AvgIpc) is 2.67. The minimum atomic E-state index is 0.195. The molecule has 1 saturated heterocycles. The predicted molar refractivity (Wildman–Crippen MR) is 110 cm³/mol. The van der Waals surface area contributed by atoms with E-state index in [2.05, 4.69) is 29.0 Å². The molecule has 2 aliphatic heterocycles. The molecular formula is C22H25ClN2O2. The summed E-state index contributed by atoms with van der Waals surface area (Å²) in [4.78, 5) is 4.91. The van der Waals surface area contributed by atoms with Crippen molar-refractivity contribution in [1.29, 1.82) is 0 Å². The number of hydrogen-bond donors (Lipinski definition) is 0. The zero-order valence-corrected chi connectivity index (χ0v) is 16.4. The molecule has 0 radical (unpaired) electrons. The van der Waals surface area contributed by atoms with Gasteiger partial charge in [0.15, 0.2) is 0 Å². The normalized spacial score (nSPS) is 19.4. The quantitative estimate of drug-likeness (QED) is 0.794. The molecule has 4 rings (SSSR count). The summed E-state index contributed by atoms with van der Waals surface area (Å²) in [6.45, 7) is 5.78. The van der Waals surface area contributed by atoms with E-state index in [1.54, 1.807) is 0 Å². The Hall–Kier alpha value is -2.01. The van der Waals surface area contributed by atoms with Gasteiger partial charge in [-0.1, -0.05) is 35.9 Å². The Morgan fingerprint density at radius 3 is 2.52 bits per heavy atom. The first-order valence-electron chi connectivity index (χ1n) is 9.47. The number of benzene rings is 2. The van der Waals surface area contributed by atoms with E-state index < -0.39 is 0 Å². The number of rotatable bonds is 3. The number of likely N-dealkylation sites (N-methyl/N-ethyl adjacent to an activating group) is 1. The molecule has 0 aromatic heterocycles. The zero-order chi connectivity index (χ0) is 18.6. The van der Waals surface area contributed by atoms with Gasteiger partial charge in [0.25, 0.3) is 0 Å². The van der Waals surface area contributed by atoms with Gasteiger partial charge < -0.3 is 19.3 Å². The summed E-state index contributed by atoms with van der Waals surface area (Å²) in [5.74, 6) is 1.65. The summed E-state index contributed by atoms with van der Waals surface area (Å²) < 4.78 is 11.7. The maximum absolute atomic E-state index is 6.31. The highest BCUT2D eigenvalue weighted by molar-refractivity contribution is 6.30. The van der Waals surface area contributed by atoms with Crippen LogP contribution in [0.5, 0.6) is 11.5 Å². The van der Waals surface area contributed by atoms with Crippen LogP contribution in [0.3, 0.4) is 0 Å². The van der Waals surface area contributed by atoms with Crippen LogP contribution in [0.1, 0.15) is 17.5 Å². The van der Waals surface area contributed by atoms with E-state index in [-0.39, 0.29) is 6.79 Å². The van der Waals surface area contributed by atoms with Crippen molar-refractivity contribution < 1.29 is 9.47 Å². The van der Waals surface area contributed by atoms with Crippen molar-refractivity contribution in [3.63, 3.8) is 0 Å². The van der Waals surface area contributed by atoms with E-state index in [0.29, 0.717) is 5.02 Å². The van der Waals surface area contributed by atoms with Gasteiger partial charge >= 0.3 is 0 Å². The minimum Gasteiger partial charge on any atom is -0.457 e. The van der Waals surface area contributed by atoms with Crippen LogP contribution in [0.4, 0.5) is 0 Å². The molecule has 0 aliphatic carbocycles. The Morgan fingerprint density at radius 1 is 0.963 bits per heavy atom. The van der Waals surface area contributed by atoms with Crippen molar-refractivity contribution in [1.82, 2.24) is 9.80 Å². The van der Waals surface area contributed by atoms with Crippen molar-refractivity contribution >= 4 is 17.2 Å². The van der Waals surface area contributed by atoms with E-state index in [9.17, 15) is 0 Å². The van der Waals surface area contributed by atoms with Crippen molar-refractivity contribution in [3.05, 3.63) is 64.7 Å². The summed E-state index contributed by atoms with van der Waals surface area (Å²) in [6.07, 6.45) is 3.27. The molecule has 27 heavy (non-hydrogen) atoms. The minimum absolute atomic E-state index is 0.195. The molecule has 0 amide bonds. The fraction of sp³-hybridized carbons (Fsp3) is 0.364. The number of nitrogens with zero attached hydrogens (tertiary/aromatic N) is 2. The SMILES string of the molecule is CN1CCN(CCC=C2c3ccccc3OCOc3ccc(Cl)cc32)CC1. The first-order valence-corrected chi connectivity index (χ1v) is 9.84. The molecule has 4 nitrogen and oxygen atoms in total. The highest BCUT2D eigenvalue weighted by Crippen LogP contribution is 2.39. The lowest BCUT2D eigenvalue weighted by Gasteiger charge is -2.32. The number of fused-ring (bicyclic) bond motifs is 2. The van der Waals surface area contributed by atoms with E-state index in [0.717, 1.165) is 67.3 Å². The molecule has 2 aliphatic rings. The number of piperazine rings is 1. The first kappa shape index (κ1) is 18.4. The number of ether oxygens (including phenoxy) is 2. The molecule has 2 aromatic rings. The highest BCUT2D eigenvalue weighted by atomic mass is 35.5. The molecular weight excluding hydrogens is 360 g/mol. The molecule has 1 fully saturated rings. The van der Waals surface area contributed by atoms with Crippen molar-refractivity contribution in [2.45, 2.75) is 6.42 Å². The van der Waals surface area contributed by atoms with Crippen LogP contribution in [0, 0.1) is 0 Å². The molecule has 0 unspecified atom stereocenters.